The summed E-state index contributed by atoms with van der Waals surface area (Å²) in [5.41, 5.74) is -0.602. The molecule has 0 amide bonds. The van der Waals surface area contributed by atoms with E-state index in [0.717, 1.165) is 11.9 Å². The molecule has 0 aliphatic carbocycles. The average molecular weight is 346 g/mol. The van der Waals surface area contributed by atoms with Crippen molar-refractivity contribution in [3.05, 3.63) is 17.8 Å². The summed E-state index contributed by atoms with van der Waals surface area (Å²) in [7, 11) is -3.47. The number of aromatic nitrogens is 2. The van der Waals surface area contributed by atoms with Crippen molar-refractivity contribution >= 4 is 15.8 Å². The Morgan fingerprint density at radius 2 is 1.87 bits per heavy atom. The van der Waals surface area contributed by atoms with E-state index in [1.54, 1.807) is 17.0 Å². The molecule has 0 aromatic carbocycles. The Balaban J connectivity index is 1.86. The first-order chi connectivity index (χ1) is 10.6. The van der Waals surface area contributed by atoms with E-state index in [0.29, 0.717) is 12.4 Å². The summed E-state index contributed by atoms with van der Waals surface area (Å²) in [6.07, 6.45) is 0.872. The minimum atomic E-state index is -3.47. The maximum absolute atomic E-state index is 14.6. The van der Waals surface area contributed by atoms with E-state index in [2.05, 4.69) is 10.2 Å². The molecule has 1 spiro atoms. The maximum atomic E-state index is 14.6. The summed E-state index contributed by atoms with van der Waals surface area (Å²) in [5.74, 6) is -2.33. The third-order valence-electron chi connectivity index (χ3n) is 4.86. The van der Waals surface area contributed by atoms with Gasteiger partial charge in [0.1, 0.15) is 0 Å². The number of hydrogen-bond donors (Lipinski definition) is 0. The quantitative estimate of drug-likeness (QED) is 0.807. The van der Waals surface area contributed by atoms with Gasteiger partial charge in [-0.3, -0.25) is 0 Å². The fraction of sp³-hybridized carbons (Fsp3) is 0.714. The Morgan fingerprint density at radius 3 is 2.48 bits per heavy atom. The monoisotopic (exact) mass is 346 g/mol. The number of rotatable bonds is 2. The zero-order valence-corrected chi connectivity index (χ0v) is 14.0. The zero-order valence-electron chi connectivity index (χ0n) is 13.2. The van der Waals surface area contributed by atoms with Crippen molar-refractivity contribution in [1.29, 1.82) is 0 Å². The summed E-state index contributed by atoms with van der Waals surface area (Å²) in [4.78, 5) is 1.77. The predicted molar refractivity (Wildman–Crippen MR) is 82.0 cm³/mol. The molecule has 1 aromatic rings. The lowest BCUT2D eigenvalue weighted by Crippen LogP contribution is -2.58. The second-order valence-corrected chi connectivity index (χ2v) is 8.52. The Bertz CT molecular complexity index is 695. The summed E-state index contributed by atoms with van der Waals surface area (Å²) in [5, 5.41) is 8.02. The minimum absolute atomic E-state index is 0.0871. The van der Waals surface area contributed by atoms with Gasteiger partial charge < -0.3 is 4.90 Å². The van der Waals surface area contributed by atoms with Crippen LogP contribution in [0.15, 0.2) is 12.1 Å². The summed E-state index contributed by atoms with van der Waals surface area (Å²) in [6.45, 7) is 2.04. The van der Waals surface area contributed by atoms with Gasteiger partial charge in [0.2, 0.25) is 10.0 Å². The van der Waals surface area contributed by atoms with Crippen LogP contribution in [-0.4, -0.2) is 61.3 Å². The van der Waals surface area contributed by atoms with Crippen LogP contribution in [0.1, 0.15) is 18.5 Å². The molecule has 128 valence electrons. The predicted octanol–water partition coefficient (Wildman–Crippen LogP) is 1.28. The first-order valence-corrected chi connectivity index (χ1v) is 9.36. The second kappa shape index (κ2) is 5.34. The number of nitrogens with zero attached hydrogens (tertiary/aromatic N) is 4. The van der Waals surface area contributed by atoms with Gasteiger partial charge in [0.15, 0.2) is 5.82 Å². The normalized spacial score (nSPS) is 28.4. The number of piperidine rings is 1. The van der Waals surface area contributed by atoms with E-state index in [1.807, 2.05) is 6.92 Å². The number of halogens is 2. The topological polar surface area (TPSA) is 66.4 Å². The van der Waals surface area contributed by atoms with E-state index < -0.39 is 27.8 Å². The molecule has 2 aliphatic heterocycles. The van der Waals surface area contributed by atoms with Crippen molar-refractivity contribution in [1.82, 2.24) is 14.5 Å². The summed E-state index contributed by atoms with van der Waals surface area (Å²) >= 11 is 0. The highest BCUT2D eigenvalue weighted by Crippen LogP contribution is 2.50. The van der Waals surface area contributed by atoms with Crippen LogP contribution in [0.4, 0.5) is 14.6 Å². The number of alkyl halides is 2. The van der Waals surface area contributed by atoms with Crippen LogP contribution in [0, 0.1) is 12.3 Å². The minimum Gasteiger partial charge on any atom is -0.354 e. The fourth-order valence-corrected chi connectivity index (χ4v) is 4.31. The number of aryl methyl sites for hydroxylation is 1. The third kappa shape index (κ3) is 2.91. The van der Waals surface area contributed by atoms with Crippen LogP contribution < -0.4 is 4.90 Å². The summed E-state index contributed by atoms with van der Waals surface area (Å²) in [6, 6.07) is 3.55. The van der Waals surface area contributed by atoms with Crippen molar-refractivity contribution < 1.29 is 17.2 Å². The van der Waals surface area contributed by atoms with Gasteiger partial charge in [0, 0.05) is 32.6 Å². The molecule has 9 heteroatoms. The Labute approximate surface area is 134 Å². The lowest BCUT2D eigenvalue weighted by atomic mass is 9.76. The first-order valence-electron chi connectivity index (χ1n) is 7.51. The molecule has 3 heterocycles. The zero-order chi connectivity index (χ0) is 16.9. The highest BCUT2D eigenvalue weighted by molar-refractivity contribution is 7.88. The first kappa shape index (κ1) is 16.5. The van der Waals surface area contributed by atoms with E-state index in [-0.39, 0.29) is 26.1 Å². The maximum Gasteiger partial charge on any atom is 0.257 e. The lowest BCUT2D eigenvalue weighted by Gasteiger charge is -2.44. The largest absolute Gasteiger partial charge is 0.354 e. The van der Waals surface area contributed by atoms with Crippen LogP contribution in [0.5, 0.6) is 0 Å². The molecular weight excluding hydrogens is 326 g/mol. The van der Waals surface area contributed by atoms with Gasteiger partial charge in [0.25, 0.3) is 5.92 Å². The Morgan fingerprint density at radius 1 is 1.13 bits per heavy atom. The smallest absolute Gasteiger partial charge is 0.257 e. The van der Waals surface area contributed by atoms with Crippen LogP contribution >= 0.6 is 0 Å². The van der Waals surface area contributed by atoms with E-state index in [4.69, 9.17) is 0 Å². The van der Waals surface area contributed by atoms with Gasteiger partial charge in [-0.2, -0.15) is 5.10 Å². The molecule has 23 heavy (non-hydrogen) atoms. The molecule has 6 nitrogen and oxygen atoms in total. The van der Waals surface area contributed by atoms with Crippen molar-refractivity contribution in [3.8, 4) is 0 Å². The van der Waals surface area contributed by atoms with Crippen LogP contribution in [0.3, 0.4) is 0 Å². The summed E-state index contributed by atoms with van der Waals surface area (Å²) < 4.78 is 53.9. The van der Waals surface area contributed by atoms with Crippen LogP contribution in [0.2, 0.25) is 0 Å². The van der Waals surface area contributed by atoms with Gasteiger partial charge in [-0.1, -0.05) is 0 Å². The fourth-order valence-electron chi connectivity index (χ4n) is 3.40. The highest BCUT2D eigenvalue weighted by atomic mass is 32.2. The molecule has 0 saturated carbocycles. The molecule has 1 atom stereocenters. The second-order valence-electron chi connectivity index (χ2n) is 6.54. The number of anilines is 1. The Kier molecular flexibility index (Phi) is 3.83. The number of sulfonamides is 1. The van der Waals surface area contributed by atoms with Gasteiger partial charge in [-0.15, -0.1) is 5.10 Å². The van der Waals surface area contributed by atoms with Crippen LogP contribution in [0.25, 0.3) is 0 Å². The highest BCUT2D eigenvalue weighted by Gasteiger charge is 2.60. The molecule has 0 unspecified atom stereocenters. The van der Waals surface area contributed by atoms with Gasteiger partial charge in [0.05, 0.1) is 17.4 Å². The van der Waals surface area contributed by atoms with E-state index in [1.165, 1.54) is 4.31 Å². The van der Waals surface area contributed by atoms with Crippen LogP contribution in [-0.2, 0) is 10.0 Å². The SMILES string of the molecule is Cc1ccc(N2CC[C@]3(C2)CN(S(C)(=O)=O)CCC3(F)F)nn1. The molecule has 2 saturated heterocycles. The molecule has 1 aromatic heterocycles. The molecule has 2 fully saturated rings. The van der Waals surface area contributed by atoms with Crippen molar-refractivity contribution in [2.24, 2.45) is 5.41 Å². The molecule has 0 bridgehead atoms. The van der Waals surface area contributed by atoms with Crippen molar-refractivity contribution in [2.75, 3.05) is 37.3 Å². The van der Waals surface area contributed by atoms with Crippen molar-refractivity contribution in [3.63, 3.8) is 0 Å². The molecular formula is C14H20F2N4O2S. The average Bonchev–Trinajstić information content (AvgIpc) is 2.88. The molecule has 3 rings (SSSR count). The molecule has 0 N–H and O–H groups in total. The third-order valence-corrected chi connectivity index (χ3v) is 6.11. The van der Waals surface area contributed by atoms with Crippen molar-refractivity contribution in [2.45, 2.75) is 25.7 Å². The van der Waals surface area contributed by atoms with Gasteiger partial charge in [-0.05, 0) is 25.5 Å². The molecule has 0 radical (unpaired) electrons. The number of hydrogen-bond acceptors (Lipinski definition) is 5. The lowest BCUT2D eigenvalue weighted by molar-refractivity contribution is -0.145. The van der Waals surface area contributed by atoms with Gasteiger partial charge >= 0.3 is 0 Å². The van der Waals surface area contributed by atoms with E-state index >= 15 is 0 Å². The molecule has 2 aliphatic rings. The standard InChI is InChI=1S/C14H20F2N4O2S/c1-11-3-4-12(18-17-11)19-7-5-13(9-19)10-20(23(2,21)22)8-6-14(13,15)16/h3-4H,5-10H2,1-2H3/t13-/m0/s1. The van der Waals surface area contributed by atoms with Gasteiger partial charge in [-0.25, -0.2) is 21.5 Å². The Hall–Kier alpha value is -1.35. The van der Waals surface area contributed by atoms with E-state index in [9.17, 15) is 17.2 Å².